The lowest BCUT2D eigenvalue weighted by Gasteiger charge is -2.40. The van der Waals surface area contributed by atoms with E-state index in [4.69, 9.17) is 10.00 Å². The molecule has 0 unspecified atom stereocenters. The summed E-state index contributed by atoms with van der Waals surface area (Å²) in [5, 5.41) is 9.05. The van der Waals surface area contributed by atoms with Crippen LogP contribution >= 0.6 is 0 Å². The first kappa shape index (κ1) is 25.8. The van der Waals surface area contributed by atoms with Gasteiger partial charge in [0.25, 0.3) is 0 Å². The summed E-state index contributed by atoms with van der Waals surface area (Å²) in [6, 6.07) is 20.5. The van der Waals surface area contributed by atoms with Gasteiger partial charge in [-0.05, 0) is 81.2 Å². The number of aryl methyl sites for hydroxylation is 1. The van der Waals surface area contributed by atoms with E-state index in [0.717, 1.165) is 76.7 Å². The molecule has 0 aromatic heterocycles. The van der Waals surface area contributed by atoms with E-state index >= 15 is 0 Å². The topological polar surface area (TPSA) is 73.6 Å². The lowest BCUT2D eigenvalue weighted by atomic mass is 9.84. The molecule has 2 aromatic carbocycles. The average Bonchev–Trinajstić information content (AvgIpc) is 2.95. The third-order valence-electron chi connectivity index (χ3n) is 7.87. The van der Waals surface area contributed by atoms with Crippen molar-refractivity contribution in [2.24, 2.45) is 11.8 Å². The van der Waals surface area contributed by atoms with Crippen LogP contribution in [0.4, 0.5) is 5.69 Å². The first-order valence-electron chi connectivity index (χ1n) is 13.3. The fourth-order valence-corrected chi connectivity index (χ4v) is 5.73. The predicted molar refractivity (Wildman–Crippen MR) is 140 cm³/mol. The Labute approximate surface area is 214 Å². The van der Waals surface area contributed by atoms with Crippen LogP contribution in [0.5, 0.6) is 0 Å². The van der Waals surface area contributed by atoms with Crippen molar-refractivity contribution in [1.29, 1.82) is 5.26 Å². The van der Waals surface area contributed by atoms with Gasteiger partial charge in [-0.15, -0.1) is 0 Å². The van der Waals surface area contributed by atoms with Crippen LogP contribution in [0.1, 0.15) is 56.1 Å². The van der Waals surface area contributed by atoms with Gasteiger partial charge < -0.3 is 14.5 Å². The number of ether oxygens (including phenoxy) is 1. The van der Waals surface area contributed by atoms with Crippen LogP contribution in [0, 0.1) is 23.2 Å². The number of nitriles is 1. The summed E-state index contributed by atoms with van der Waals surface area (Å²) >= 11 is 0. The van der Waals surface area contributed by atoms with Crippen LogP contribution in [-0.2, 0) is 20.7 Å². The third-order valence-corrected chi connectivity index (χ3v) is 7.87. The van der Waals surface area contributed by atoms with Crippen molar-refractivity contribution in [1.82, 2.24) is 4.90 Å². The second-order valence-corrected chi connectivity index (χ2v) is 10.1. The lowest BCUT2D eigenvalue weighted by molar-refractivity contribution is -0.147. The molecule has 4 rings (SSSR count). The third kappa shape index (κ3) is 6.46. The van der Waals surface area contributed by atoms with Crippen molar-refractivity contribution >= 4 is 17.6 Å². The van der Waals surface area contributed by atoms with E-state index in [1.165, 1.54) is 12.7 Å². The Bertz CT molecular complexity index is 1030. The number of nitrogens with zero attached hydrogens (tertiary/aromatic N) is 3. The van der Waals surface area contributed by atoms with Crippen LogP contribution in [0.15, 0.2) is 54.6 Å². The summed E-state index contributed by atoms with van der Waals surface area (Å²) in [5.74, 6) is 0.160. The highest BCUT2D eigenvalue weighted by atomic mass is 16.5. The molecule has 1 amide bonds. The van der Waals surface area contributed by atoms with Gasteiger partial charge in [0, 0.05) is 37.3 Å². The number of amides is 1. The Kier molecular flexibility index (Phi) is 9.00. The molecule has 6 nitrogen and oxygen atoms in total. The number of piperidine rings is 1. The van der Waals surface area contributed by atoms with Crippen molar-refractivity contribution in [3.05, 3.63) is 65.7 Å². The maximum absolute atomic E-state index is 13.8. The standard InChI is InChI=1S/C30H37N3O3/c1-36-30(35)26-11-15-28(16-12-26)33(19-5-8-23-6-3-2-4-7-23)29(34)25-17-20-32(21-18-25)27-13-9-24(22-31)10-14-27/h2-4,6-7,9-10,13-14,25-26,28H,5,8,11-12,15-21H2,1H3. The van der Waals surface area contributed by atoms with Gasteiger partial charge in [0.2, 0.25) is 5.91 Å². The molecule has 2 fully saturated rings. The molecule has 1 aliphatic heterocycles. The Hall–Kier alpha value is -3.33. The molecule has 1 saturated heterocycles. The van der Waals surface area contributed by atoms with E-state index < -0.39 is 0 Å². The maximum Gasteiger partial charge on any atom is 0.308 e. The minimum Gasteiger partial charge on any atom is -0.469 e. The summed E-state index contributed by atoms with van der Waals surface area (Å²) < 4.78 is 4.96. The van der Waals surface area contributed by atoms with Crippen molar-refractivity contribution in [2.75, 3.05) is 31.6 Å². The summed E-state index contributed by atoms with van der Waals surface area (Å²) in [6.07, 6.45) is 6.88. The molecule has 0 atom stereocenters. The molecule has 1 aliphatic carbocycles. The number of rotatable bonds is 8. The number of esters is 1. The van der Waals surface area contributed by atoms with Crippen LogP contribution < -0.4 is 4.90 Å². The highest BCUT2D eigenvalue weighted by molar-refractivity contribution is 5.79. The van der Waals surface area contributed by atoms with E-state index in [2.05, 4.69) is 40.1 Å². The average molecular weight is 488 g/mol. The molecule has 1 heterocycles. The van der Waals surface area contributed by atoms with Gasteiger partial charge >= 0.3 is 5.97 Å². The fourth-order valence-electron chi connectivity index (χ4n) is 5.73. The SMILES string of the molecule is COC(=O)C1CCC(N(CCCc2ccccc2)C(=O)C2CCN(c3ccc(C#N)cc3)CC2)CC1. The second kappa shape index (κ2) is 12.6. The quantitative estimate of drug-likeness (QED) is 0.492. The number of methoxy groups -OCH3 is 1. The number of carbonyl (C=O) groups excluding carboxylic acids is 2. The van der Waals surface area contributed by atoms with Gasteiger partial charge in [0.05, 0.1) is 24.7 Å². The smallest absolute Gasteiger partial charge is 0.308 e. The molecule has 0 radical (unpaired) electrons. The predicted octanol–water partition coefficient (Wildman–Crippen LogP) is 4.97. The molecule has 2 aliphatic rings. The van der Waals surface area contributed by atoms with E-state index in [1.54, 1.807) is 0 Å². The van der Waals surface area contributed by atoms with Gasteiger partial charge in [-0.1, -0.05) is 30.3 Å². The molecule has 0 spiro atoms. The summed E-state index contributed by atoms with van der Waals surface area (Å²) in [6.45, 7) is 2.45. The van der Waals surface area contributed by atoms with Gasteiger partial charge in [-0.3, -0.25) is 9.59 Å². The van der Waals surface area contributed by atoms with Crippen LogP contribution in [-0.4, -0.2) is 49.6 Å². The van der Waals surface area contributed by atoms with Gasteiger partial charge in [-0.25, -0.2) is 0 Å². The summed E-state index contributed by atoms with van der Waals surface area (Å²) in [7, 11) is 1.46. The van der Waals surface area contributed by atoms with Gasteiger partial charge in [0.1, 0.15) is 0 Å². The first-order valence-corrected chi connectivity index (χ1v) is 13.3. The van der Waals surface area contributed by atoms with Gasteiger partial charge in [0.15, 0.2) is 0 Å². The highest BCUT2D eigenvalue weighted by Gasteiger charge is 2.35. The highest BCUT2D eigenvalue weighted by Crippen LogP contribution is 2.32. The molecule has 6 heteroatoms. The van der Waals surface area contributed by atoms with Crippen LogP contribution in [0.25, 0.3) is 0 Å². The number of carbonyl (C=O) groups is 2. The Balaban J connectivity index is 1.37. The largest absolute Gasteiger partial charge is 0.469 e. The lowest BCUT2D eigenvalue weighted by Crippen LogP contribution is -2.48. The first-order chi connectivity index (χ1) is 17.6. The number of benzene rings is 2. The summed E-state index contributed by atoms with van der Waals surface area (Å²) in [5.41, 5.74) is 3.08. The Morgan fingerprint density at radius 1 is 0.944 bits per heavy atom. The van der Waals surface area contributed by atoms with Crippen molar-refractivity contribution in [3.63, 3.8) is 0 Å². The zero-order valence-corrected chi connectivity index (χ0v) is 21.3. The monoisotopic (exact) mass is 487 g/mol. The molecule has 0 N–H and O–H groups in total. The van der Waals surface area contributed by atoms with Crippen molar-refractivity contribution in [3.8, 4) is 6.07 Å². The zero-order valence-electron chi connectivity index (χ0n) is 21.3. The maximum atomic E-state index is 13.8. The van der Waals surface area contributed by atoms with E-state index in [1.807, 2.05) is 30.3 Å². The minimum absolute atomic E-state index is 0.0367. The molecule has 0 bridgehead atoms. The molecular formula is C30H37N3O3. The number of hydrogen-bond donors (Lipinski definition) is 0. The Morgan fingerprint density at radius 3 is 2.22 bits per heavy atom. The zero-order chi connectivity index (χ0) is 25.3. The molecule has 36 heavy (non-hydrogen) atoms. The van der Waals surface area contributed by atoms with Crippen LogP contribution in [0.2, 0.25) is 0 Å². The van der Waals surface area contributed by atoms with Gasteiger partial charge in [-0.2, -0.15) is 5.26 Å². The Morgan fingerprint density at radius 2 is 1.61 bits per heavy atom. The number of anilines is 1. The molecular weight excluding hydrogens is 450 g/mol. The van der Waals surface area contributed by atoms with Crippen molar-refractivity contribution < 1.29 is 14.3 Å². The number of hydrogen-bond acceptors (Lipinski definition) is 5. The van der Waals surface area contributed by atoms with Crippen molar-refractivity contribution in [2.45, 2.75) is 57.4 Å². The van der Waals surface area contributed by atoms with E-state index in [0.29, 0.717) is 5.56 Å². The molecule has 190 valence electrons. The second-order valence-electron chi connectivity index (χ2n) is 10.1. The molecule has 1 saturated carbocycles. The minimum atomic E-state index is -0.120. The summed E-state index contributed by atoms with van der Waals surface area (Å²) in [4.78, 5) is 30.3. The fraction of sp³-hybridized carbons (Fsp3) is 0.500. The van der Waals surface area contributed by atoms with Crippen LogP contribution in [0.3, 0.4) is 0 Å². The molecule has 2 aromatic rings. The van der Waals surface area contributed by atoms with E-state index in [9.17, 15) is 9.59 Å². The normalized spacial score (nSPS) is 20.4. The van der Waals surface area contributed by atoms with E-state index in [-0.39, 0.29) is 29.8 Å².